The van der Waals surface area contributed by atoms with E-state index in [4.69, 9.17) is 0 Å². The summed E-state index contributed by atoms with van der Waals surface area (Å²) in [6, 6.07) is 2.72. The first-order valence-corrected chi connectivity index (χ1v) is 6.91. The topological polar surface area (TPSA) is 24.1 Å². The molecule has 0 aliphatic carbocycles. The van der Waals surface area contributed by atoms with Gasteiger partial charge in [-0.25, -0.2) is 0 Å². The van der Waals surface area contributed by atoms with Gasteiger partial charge in [-0.1, -0.05) is 0 Å². The predicted molar refractivity (Wildman–Crippen MR) is 73.2 cm³/mol. The van der Waals surface area contributed by atoms with Crippen LogP contribution in [0, 0.1) is 0 Å². The van der Waals surface area contributed by atoms with Gasteiger partial charge >= 0.3 is 0 Å². The standard InChI is InChI=1S/C13H24N2S/c1-11(9-15-13(2,3)4)14-7-5-12-6-8-16-10-12/h6,8,10-11,14-15H,5,7,9H2,1-4H3. The van der Waals surface area contributed by atoms with E-state index < -0.39 is 0 Å². The highest BCUT2D eigenvalue weighted by Gasteiger charge is 2.10. The Kier molecular flexibility index (Phi) is 5.46. The van der Waals surface area contributed by atoms with Crippen LogP contribution in [0.1, 0.15) is 33.3 Å². The predicted octanol–water partition coefficient (Wildman–Crippen LogP) is 2.66. The highest BCUT2D eigenvalue weighted by atomic mass is 32.1. The van der Waals surface area contributed by atoms with Crippen molar-refractivity contribution in [3.63, 3.8) is 0 Å². The monoisotopic (exact) mass is 240 g/mol. The maximum Gasteiger partial charge on any atom is 0.0164 e. The molecule has 0 bridgehead atoms. The first kappa shape index (κ1) is 13.7. The van der Waals surface area contributed by atoms with E-state index in [1.165, 1.54) is 5.56 Å². The maximum absolute atomic E-state index is 3.54. The van der Waals surface area contributed by atoms with E-state index in [2.05, 4.69) is 55.2 Å². The second kappa shape index (κ2) is 6.38. The largest absolute Gasteiger partial charge is 0.313 e. The van der Waals surface area contributed by atoms with Crippen molar-refractivity contribution in [1.82, 2.24) is 10.6 Å². The van der Waals surface area contributed by atoms with Crippen LogP contribution < -0.4 is 10.6 Å². The highest BCUT2D eigenvalue weighted by molar-refractivity contribution is 7.07. The average molecular weight is 240 g/mol. The maximum atomic E-state index is 3.54. The normalized spacial score (nSPS) is 14.0. The van der Waals surface area contributed by atoms with Crippen LogP contribution in [0.4, 0.5) is 0 Å². The summed E-state index contributed by atoms with van der Waals surface area (Å²) in [6.07, 6.45) is 1.13. The van der Waals surface area contributed by atoms with Crippen molar-refractivity contribution in [2.45, 2.75) is 45.7 Å². The fraction of sp³-hybridized carbons (Fsp3) is 0.692. The SMILES string of the molecule is CC(CNC(C)(C)C)NCCc1ccsc1. The highest BCUT2D eigenvalue weighted by Crippen LogP contribution is 2.05. The number of hydrogen-bond acceptors (Lipinski definition) is 3. The van der Waals surface area contributed by atoms with Crippen LogP contribution in [0.25, 0.3) is 0 Å². The van der Waals surface area contributed by atoms with Gasteiger partial charge in [0.25, 0.3) is 0 Å². The Morgan fingerprint density at radius 1 is 1.38 bits per heavy atom. The Balaban J connectivity index is 2.09. The van der Waals surface area contributed by atoms with Crippen LogP contribution in [0.5, 0.6) is 0 Å². The minimum atomic E-state index is 0.212. The lowest BCUT2D eigenvalue weighted by Crippen LogP contribution is -2.44. The van der Waals surface area contributed by atoms with E-state index in [9.17, 15) is 0 Å². The van der Waals surface area contributed by atoms with E-state index >= 15 is 0 Å². The fourth-order valence-corrected chi connectivity index (χ4v) is 2.13. The van der Waals surface area contributed by atoms with Gasteiger partial charge in [-0.3, -0.25) is 0 Å². The Labute approximate surface area is 103 Å². The van der Waals surface area contributed by atoms with Gasteiger partial charge < -0.3 is 10.6 Å². The second-order valence-corrected chi connectivity index (χ2v) is 6.15. The first-order chi connectivity index (χ1) is 7.47. The van der Waals surface area contributed by atoms with E-state index in [0.717, 1.165) is 19.5 Å². The summed E-state index contributed by atoms with van der Waals surface area (Å²) in [7, 11) is 0. The van der Waals surface area contributed by atoms with Crippen molar-refractivity contribution >= 4 is 11.3 Å². The van der Waals surface area contributed by atoms with E-state index in [-0.39, 0.29) is 5.54 Å². The van der Waals surface area contributed by atoms with E-state index in [1.54, 1.807) is 11.3 Å². The van der Waals surface area contributed by atoms with Crippen LogP contribution >= 0.6 is 11.3 Å². The molecule has 0 aliphatic rings. The van der Waals surface area contributed by atoms with Crippen LogP contribution in [0.2, 0.25) is 0 Å². The molecule has 1 rings (SSSR count). The zero-order chi connectivity index (χ0) is 12.0. The van der Waals surface area contributed by atoms with Crippen molar-refractivity contribution in [1.29, 1.82) is 0 Å². The van der Waals surface area contributed by atoms with Gasteiger partial charge in [0.2, 0.25) is 0 Å². The average Bonchev–Trinajstić information content (AvgIpc) is 2.66. The molecule has 2 N–H and O–H groups in total. The fourth-order valence-electron chi connectivity index (χ4n) is 1.43. The Bertz CT molecular complexity index is 275. The van der Waals surface area contributed by atoms with Crippen molar-refractivity contribution in [3.8, 4) is 0 Å². The summed E-state index contributed by atoms with van der Waals surface area (Å²) in [5.41, 5.74) is 1.65. The molecule has 1 unspecified atom stereocenters. The summed E-state index contributed by atoms with van der Waals surface area (Å²) >= 11 is 1.77. The molecular weight excluding hydrogens is 216 g/mol. The summed E-state index contributed by atoms with van der Waals surface area (Å²) in [5.74, 6) is 0. The van der Waals surface area contributed by atoms with Gasteiger partial charge in [0.05, 0.1) is 0 Å². The summed E-state index contributed by atoms with van der Waals surface area (Å²) in [4.78, 5) is 0. The first-order valence-electron chi connectivity index (χ1n) is 5.97. The third-order valence-corrected chi connectivity index (χ3v) is 3.16. The smallest absolute Gasteiger partial charge is 0.0164 e. The van der Waals surface area contributed by atoms with Crippen molar-refractivity contribution < 1.29 is 0 Å². The zero-order valence-electron chi connectivity index (χ0n) is 10.8. The molecule has 0 amide bonds. The number of thiophene rings is 1. The molecule has 1 aromatic rings. The van der Waals surface area contributed by atoms with Gasteiger partial charge in [-0.05, 0) is 63.1 Å². The third-order valence-electron chi connectivity index (χ3n) is 2.43. The Morgan fingerprint density at radius 3 is 2.69 bits per heavy atom. The summed E-state index contributed by atoms with van der Waals surface area (Å²) in [5, 5.41) is 11.4. The molecule has 0 saturated heterocycles. The molecule has 0 spiro atoms. The van der Waals surface area contributed by atoms with Gasteiger partial charge in [-0.2, -0.15) is 11.3 Å². The van der Waals surface area contributed by atoms with Crippen LogP contribution in [-0.4, -0.2) is 24.7 Å². The minimum absolute atomic E-state index is 0.212. The lowest BCUT2D eigenvalue weighted by molar-refractivity contribution is 0.389. The lowest BCUT2D eigenvalue weighted by Gasteiger charge is -2.24. The summed E-state index contributed by atoms with van der Waals surface area (Å²) < 4.78 is 0. The molecular formula is C13H24N2S. The van der Waals surface area contributed by atoms with E-state index in [0.29, 0.717) is 6.04 Å². The molecule has 16 heavy (non-hydrogen) atoms. The molecule has 3 heteroatoms. The Hall–Kier alpha value is -0.380. The van der Waals surface area contributed by atoms with Gasteiger partial charge in [0, 0.05) is 18.1 Å². The van der Waals surface area contributed by atoms with Gasteiger partial charge in [-0.15, -0.1) is 0 Å². The Morgan fingerprint density at radius 2 is 2.12 bits per heavy atom. The number of nitrogens with one attached hydrogen (secondary N) is 2. The van der Waals surface area contributed by atoms with Crippen molar-refractivity contribution in [2.75, 3.05) is 13.1 Å². The molecule has 0 fully saturated rings. The number of rotatable bonds is 6. The second-order valence-electron chi connectivity index (χ2n) is 5.37. The van der Waals surface area contributed by atoms with Crippen LogP contribution in [-0.2, 0) is 6.42 Å². The van der Waals surface area contributed by atoms with Gasteiger partial charge in [0.15, 0.2) is 0 Å². The summed E-state index contributed by atoms with van der Waals surface area (Å²) in [6.45, 7) is 10.9. The van der Waals surface area contributed by atoms with Crippen molar-refractivity contribution in [2.24, 2.45) is 0 Å². The quantitative estimate of drug-likeness (QED) is 0.799. The lowest BCUT2D eigenvalue weighted by atomic mass is 10.1. The molecule has 0 aliphatic heterocycles. The third kappa shape index (κ3) is 6.26. The molecule has 1 heterocycles. The minimum Gasteiger partial charge on any atom is -0.313 e. The molecule has 2 nitrogen and oxygen atoms in total. The molecule has 92 valence electrons. The molecule has 1 atom stereocenters. The van der Waals surface area contributed by atoms with Crippen molar-refractivity contribution in [3.05, 3.63) is 22.4 Å². The molecule has 1 aromatic heterocycles. The number of hydrogen-bond donors (Lipinski definition) is 2. The van der Waals surface area contributed by atoms with Crippen LogP contribution in [0.15, 0.2) is 16.8 Å². The molecule has 0 saturated carbocycles. The molecule has 0 aromatic carbocycles. The van der Waals surface area contributed by atoms with Gasteiger partial charge in [0.1, 0.15) is 0 Å². The van der Waals surface area contributed by atoms with E-state index in [1.807, 2.05) is 0 Å². The molecule has 0 radical (unpaired) electrons. The zero-order valence-corrected chi connectivity index (χ0v) is 11.7. The van der Waals surface area contributed by atoms with Crippen LogP contribution in [0.3, 0.4) is 0 Å².